The van der Waals surface area contributed by atoms with Crippen LogP contribution in [0.4, 0.5) is 10.2 Å². The molecule has 1 aromatic rings. The van der Waals surface area contributed by atoms with Crippen LogP contribution in [0.3, 0.4) is 0 Å². The van der Waals surface area contributed by atoms with Crippen molar-refractivity contribution in [3.63, 3.8) is 0 Å². The third kappa shape index (κ3) is 9.44. The molecule has 222 valence electrons. The zero-order chi connectivity index (χ0) is 29.8. The molecule has 0 radical (unpaired) electrons. The summed E-state index contributed by atoms with van der Waals surface area (Å²) >= 11 is 12.6. The summed E-state index contributed by atoms with van der Waals surface area (Å²) in [5.41, 5.74) is 3.99. The van der Waals surface area contributed by atoms with E-state index < -0.39 is 59.9 Å². The Bertz CT molecular complexity index is 1140. The number of aliphatic hydroxyl groups excluding tert-OH is 1. The van der Waals surface area contributed by atoms with Crippen molar-refractivity contribution < 1.29 is 37.6 Å². The fourth-order valence-electron chi connectivity index (χ4n) is 3.13. The summed E-state index contributed by atoms with van der Waals surface area (Å²) in [7, 11) is 0. The molecule has 1 aromatic heterocycles. The van der Waals surface area contributed by atoms with E-state index in [1.54, 1.807) is 34.6 Å². The van der Waals surface area contributed by atoms with Gasteiger partial charge in [-0.2, -0.15) is 4.98 Å². The van der Waals surface area contributed by atoms with Crippen molar-refractivity contribution in [2.75, 3.05) is 24.7 Å². The second-order valence-corrected chi connectivity index (χ2v) is 14.9. The second kappa shape index (κ2) is 13.7. The topological polar surface area (TPSA) is 164 Å². The number of nitrogen functional groups attached to an aromatic ring is 1. The number of ether oxygens (including phenoxy) is 2. The van der Waals surface area contributed by atoms with Crippen molar-refractivity contribution in [2.45, 2.75) is 77.3 Å². The van der Waals surface area contributed by atoms with E-state index >= 15 is 4.39 Å². The Balaban J connectivity index is 2.16. The van der Waals surface area contributed by atoms with Gasteiger partial charge in [-0.1, -0.05) is 44.1 Å². The zero-order valence-electron chi connectivity index (χ0n) is 22.5. The Hall–Kier alpha value is -1.16. The van der Waals surface area contributed by atoms with Crippen LogP contribution in [0.1, 0.15) is 47.8 Å². The molecule has 1 saturated heterocycles. The van der Waals surface area contributed by atoms with Crippen LogP contribution in [0.25, 0.3) is 0 Å². The SMILES string of the molecule is CC(C)OC(=O)C(C)NP(=S)(OCCSC(=O)C(C)(C)C)OC[C@H]1O[C@@H](n2ccc(N)nc2=O)[C@@](F)(Cl)[C@@H]1O. The summed E-state index contributed by atoms with van der Waals surface area (Å²) in [6.45, 7) is 6.20. The van der Waals surface area contributed by atoms with Gasteiger partial charge < -0.3 is 29.4 Å². The fourth-order valence-corrected chi connectivity index (χ4v) is 6.69. The lowest BCUT2D eigenvalue weighted by Gasteiger charge is -2.28. The molecule has 0 spiro atoms. The minimum atomic E-state index is -3.50. The summed E-state index contributed by atoms with van der Waals surface area (Å²) in [5.74, 6) is -0.457. The second-order valence-electron chi connectivity index (χ2n) is 10.0. The van der Waals surface area contributed by atoms with E-state index in [-0.39, 0.29) is 29.4 Å². The first-order valence-corrected chi connectivity index (χ1v) is 16.0. The number of hydrogen-bond acceptors (Lipinski definition) is 12. The maximum Gasteiger partial charge on any atom is 0.351 e. The summed E-state index contributed by atoms with van der Waals surface area (Å²) in [6.07, 6.45) is -4.33. The number of esters is 1. The summed E-state index contributed by atoms with van der Waals surface area (Å²) < 4.78 is 38.3. The van der Waals surface area contributed by atoms with Gasteiger partial charge >= 0.3 is 11.7 Å². The number of nitrogens with two attached hydrogens (primary N) is 1. The number of hydrogen-bond donors (Lipinski definition) is 3. The predicted molar refractivity (Wildman–Crippen MR) is 149 cm³/mol. The minimum Gasteiger partial charge on any atom is -0.462 e. The molecular weight excluding hydrogens is 598 g/mol. The number of halogens is 2. The van der Waals surface area contributed by atoms with Gasteiger partial charge in [0.05, 0.1) is 19.3 Å². The number of thioether (sulfide) groups is 1. The molecule has 2 rings (SSSR count). The van der Waals surface area contributed by atoms with E-state index in [9.17, 15) is 19.5 Å². The number of nitrogens with one attached hydrogen (secondary N) is 1. The maximum atomic E-state index is 15.3. The number of aliphatic hydroxyl groups is 1. The van der Waals surface area contributed by atoms with Crippen LogP contribution in [-0.2, 0) is 39.9 Å². The molecule has 2 heterocycles. The first-order valence-electron chi connectivity index (χ1n) is 12.0. The zero-order valence-corrected chi connectivity index (χ0v) is 25.7. The number of rotatable bonds is 12. The molecule has 1 aliphatic rings. The van der Waals surface area contributed by atoms with Gasteiger partial charge in [-0.15, -0.1) is 0 Å². The molecule has 1 fully saturated rings. The highest BCUT2D eigenvalue weighted by molar-refractivity contribution is 8.13. The third-order valence-corrected chi connectivity index (χ3v) is 9.46. The van der Waals surface area contributed by atoms with Gasteiger partial charge in [0.2, 0.25) is 0 Å². The Morgan fingerprint density at radius 3 is 2.62 bits per heavy atom. The molecule has 0 aromatic carbocycles. The Labute approximate surface area is 240 Å². The molecule has 1 aliphatic heterocycles. The van der Waals surface area contributed by atoms with Crippen LogP contribution in [-0.4, -0.2) is 74.2 Å². The summed E-state index contributed by atoms with van der Waals surface area (Å²) in [6, 6.07) is 0.294. The van der Waals surface area contributed by atoms with Gasteiger partial charge in [-0.3, -0.25) is 14.2 Å². The molecule has 4 N–H and O–H groups in total. The number of nitrogens with zero attached hydrogens (tertiary/aromatic N) is 2. The highest BCUT2D eigenvalue weighted by atomic mass is 35.5. The van der Waals surface area contributed by atoms with Crippen LogP contribution < -0.4 is 16.5 Å². The average molecular weight is 633 g/mol. The van der Waals surface area contributed by atoms with Crippen molar-refractivity contribution in [3.05, 3.63) is 22.7 Å². The molecule has 0 aliphatic carbocycles. The number of carbonyl (C=O) groups is 2. The van der Waals surface area contributed by atoms with Crippen molar-refractivity contribution in [1.29, 1.82) is 0 Å². The molecule has 0 bridgehead atoms. The molecule has 0 amide bonds. The van der Waals surface area contributed by atoms with Crippen molar-refractivity contribution in [2.24, 2.45) is 5.41 Å². The third-order valence-electron chi connectivity index (χ3n) is 5.14. The Kier molecular flexibility index (Phi) is 11.9. The largest absolute Gasteiger partial charge is 0.462 e. The molecular formula is C22H35ClFN4O8PS2. The normalized spacial score (nSPS) is 25.8. The van der Waals surface area contributed by atoms with Crippen LogP contribution in [0, 0.1) is 5.41 Å². The van der Waals surface area contributed by atoms with Crippen molar-refractivity contribution in [1.82, 2.24) is 14.6 Å². The maximum absolute atomic E-state index is 15.3. The number of aromatic nitrogens is 2. The highest BCUT2D eigenvalue weighted by Crippen LogP contribution is 2.48. The summed E-state index contributed by atoms with van der Waals surface area (Å²) in [5, 5.41) is 10.4. The van der Waals surface area contributed by atoms with Crippen LogP contribution >= 0.6 is 30.0 Å². The lowest BCUT2D eigenvalue weighted by Crippen LogP contribution is -2.41. The number of carbonyl (C=O) groups excluding carboxylic acids is 2. The van der Waals surface area contributed by atoms with E-state index in [4.69, 9.17) is 47.7 Å². The van der Waals surface area contributed by atoms with Gasteiger partial charge in [0.15, 0.2) is 11.3 Å². The monoisotopic (exact) mass is 632 g/mol. The molecule has 2 unspecified atom stereocenters. The van der Waals surface area contributed by atoms with E-state index in [1.165, 1.54) is 13.0 Å². The lowest BCUT2D eigenvalue weighted by atomic mass is 10.00. The van der Waals surface area contributed by atoms with E-state index in [2.05, 4.69) is 10.1 Å². The van der Waals surface area contributed by atoms with E-state index in [0.717, 1.165) is 22.5 Å². The highest BCUT2D eigenvalue weighted by Gasteiger charge is 2.58. The fraction of sp³-hybridized carbons (Fsp3) is 0.727. The van der Waals surface area contributed by atoms with E-state index in [0.29, 0.717) is 0 Å². The summed E-state index contributed by atoms with van der Waals surface area (Å²) in [4.78, 5) is 40.3. The molecule has 12 nitrogen and oxygen atoms in total. The van der Waals surface area contributed by atoms with Crippen LogP contribution in [0.2, 0.25) is 0 Å². The molecule has 6 atom stereocenters. The van der Waals surface area contributed by atoms with Gasteiger partial charge in [0.25, 0.3) is 11.8 Å². The van der Waals surface area contributed by atoms with E-state index in [1.807, 2.05) is 0 Å². The van der Waals surface area contributed by atoms with Crippen LogP contribution in [0.5, 0.6) is 0 Å². The molecule has 0 saturated carbocycles. The molecule has 17 heteroatoms. The predicted octanol–water partition coefficient (Wildman–Crippen LogP) is 2.48. The first-order chi connectivity index (χ1) is 17.9. The van der Waals surface area contributed by atoms with Gasteiger partial charge in [-0.05, 0) is 38.6 Å². The smallest absolute Gasteiger partial charge is 0.351 e. The van der Waals surface area contributed by atoms with Crippen molar-refractivity contribution >= 4 is 58.7 Å². The standard InChI is InChI=1S/C22H35ClFN4O8PS2/c1-12(2)35-17(30)13(3)27-37(38,33-9-10-39-19(31)21(4,5)6)34-11-14-16(29)22(23,24)18(36-14)28-8-7-15(25)26-20(28)32/h7-8,12-14,16,18,29H,9-11H2,1-6H3,(H,27,38)(H2,25,26,32)/t13?,14-,16-,18-,22-,37?/m1/s1. The Morgan fingerprint density at radius 1 is 1.41 bits per heavy atom. The number of anilines is 1. The van der Waals surface area contributed by atoms with Gasteiger partial charge in [-0.25, -0.2) is 14.3 Å². The quantitative estimate of drug-likeness (QED) is 0.133. The molecule has 39 heavy (non-hydrogen) atoms. The number of alkyl halides is 2. The Morgan fingerprint density at radius 2 is 2.05 bits per heavy atom. The van der Waals surface area contributed by atoms with Crippen molar-refractivity contribution in [3.8, 4) is 0 Å². The average Bonchev–Trinajstić information content (AvgIpc) is 3.03. The van der Waals surface area contributed by atoms with Gasteiger partial charge in [0, 0.05) is 17.4 Å². The lowest BCUT2D eigenvalue weighted by molar-refractivity contribution is -0.149. The first kappa shape index (κ1) is 34.0. The van der Waals surface area contributed by atoms with Crippen LogP contribution in [0.15, 0.2) is 17.1 Å². The van der Waals surface area contributed by atoms with Gasteiger partial charge in [0.1, 0.15) is 24.1 Å². The minimum absolute atomic E-state index is 0.0194.